The number of hydrogen-bond donors (Lipinski definition) is 0. The van der Waals surface area contributed by atoms with Crippen LogP contribution in [0.3, 0.4) is 0 Å². The summed E-state index contributed by atoms with van der Waals surface area (Å²) >= 11 is 0. The second-order valence-corrected chi connectivity index (χ2v) is 8.31. The first-order valence-corrected chi connectivity index (χ1v) is 9.31. The summed E-state index contributed by atoms with van der Waals surface area (Å²) in [7, 11) is 0. The minimum atomic E-state index is -0.437. The lowest BCUT2D eigenvalue weighted by molar-refractivity contribution is -0.148. The molecule has 6 heteroatoms. The minimum Gasteiger partial charge on any atom is -0.444 e. The van der Waals surface area contributed by atoms with Gasteiger partial charge in [-0.1, -0.05) is 0 Å². The van der Waals surface area contributed by atoms with Gasteiger partial charge in [-0.25, -0.2) is 4.79 Å². The number of amides is 1. The van der Waals surface area contributed by atoms with Gasteiger partial charge in [-0.3, -0.25) is 4.90 Å². The number of hydrogen-bond acceptors (Lipinski definition) is 5. The molecule has 0 N–H and O–H groups in total. The number of likely N-dealkylation sites (tertiary alicyclic amines) is 1. The number of ether oxygens (including phenoxy) is 3. The van der Waals surface area contributed by atoms with Crippen molar-refractivity contribution < 1.29 is 19.0 Å². The van der Waals surface area contributed by atoms with E-state index in [1.807, 2.05) is 25.7 Å². The molecule has 24 heavy (non-hydrogen) atoms. The molecule has 0 saturated carbocycles. The lowest BCUT2D eigenvalue weighted by Crippen LogP contribution is -2.60. The molecule has 0 radical (unpaired) electrons. The third-order valence-electron chi connectivity index (χ3n) is 5.31. The van der Waals surface area contributed by atoms with Crippen molar-refractivity contribution in [1.29, 1.82) is 0 Å². The van der Waals surface area contributed by atoms with E-state index >= 15 is 0 Å². The molecule has 0 atom stereocenters. The molecule has 1 amide bonds. The van der Waals surface area contributed by atoms with Gasteiger partial charge < -0.3 is 19.1 Å². The van der Waals surface area contributed by atoms with Crippen LogP contribution in [0.2, 0.25) is 0 Å². The first-order valence-electron chi connectivity index (χ1n) is 9.31. The molecule has 0 aromatic carbocycles. The Kier molecular flexibility index (Phi) is 5.37. The van der Waals surface area contributed by atoms with Crippen molar-refractivity contribution >= 4 is 6.09 Å². The summed E-state index contributed by atoms with van der Waals surface area (Å²) in [6.07, 6.45) is 3.84. The normalized spacial score (nSPS) is 26.5. The molecule has 138 valence electrons. The summed E-state index contributed by atoms with van der Waals surface area (Å²) in [4.78, 5) is 16.7. The third kappa shape index (κ3) is 4.41. The van der Waals surface area contributed by atoms with Crippen molar-refractivity contribution in [3.63, 3.8) is 0 Å². The summed E-state index contributed by atoms with van der Waals surface area (Å²) in [5, 5.41) is 0. The van der Waals surface area contributed by atoms with Crippen LogP contribution in [-0.4, -0.2) is 79.1 Å². The number of nitrogens with zero attached hydrogens (tertiary/aromatic N) is 2. The molecule has 6 nitrogen and oxygen atoms in total. The van der Waals surface area contributed by atoms with Crippen molar-refractivity contribution in [2.45, 2.75) is 63.7 Å². The number of morpholine rings is 1. The van der Waals surface area contributed by atoms with Gasteiger partial charge >= 0.3 is 6.09 Å². The molecule has 3 heterocycles. The molecule has 0 aliphatic carbocycles. The maximum Gasteiger partial charge on any atom is 0.410 e. The summed E-state index contributed by atoms with van der Waals surface area (Å²) in [6, 6.07) is 0.628. The maximum atomic E-state index is 12.2. The molecule has 3 aliphatic rings. The van der Waals surface area contributed by atoms with E-state index in [2.05, 4.69) is 4.90 Å². The fraction of sp³-hybridized carbons (Fsp3) is 0.944. The monoisotopic (exact) mass is 340 g/mol. The Morgan fingerprint density at radius 2 is 1.75 bits per heavy atom. The quantitative estimate of drug-likeness (QED) is 0.733. The van der Waals surface area contributed by atoms with Gasteiger partial charge in [0.1, 0.15) is 5.60 Å². The third-order valence-corrected chi connectivity index (χ3v) is 5.31. The highest BCUT2D eigenvalue weighted by molar-refractivity contribution is 5.68. The van der Waals surface area contributed by atoms with E-state index in [1.165, 1.54) is 0 Å². The molecule has 3 saturated heterocycles. The van der Waals surface area contributed by atoms with Gasteiger partial charge in [-0.05, 0) is 46.5 Å². The topological polar surface area (TPSA) is 51.2 Å². The maximum absolute atomic E-state index is 12.2. The van der Waals surface area contributed by atoms with E-state index < -0.39 is 5.60 Å². The molecular formula is C18H32N2O4. The zero-order valence-corrected chi connectivity index (χ0v) is 15.4. The lowest BCUT2D eigenvalue weighted by atomic mass is 9.88. The molecule has 0 bridgehead atoms. The zero-order chi connectivity index (χ0) is 17.2. The van der Waals surface area contributed by atoms with Gasteiger partial charge in [-0.15, -0.1) is 0 Å². The molecule has 3 rings (SSSR count). The Balaban J connectivity index is 1.53. The van der Waals surface area contributed by atoms with Crippen molar-refractivity contribution in [3.8, 4) is 0 Å². The Bertz CT molecular complexity index is 435. The first-order chi connectivity index (χ1) is 11.4. The molecule has 0 aromatic heterocycles. The summed E-state index contributed by atoms with van der Waals surface area (Å²) in [6.45, 7) is 11.7. The largest absolute Gasteiger partial charge is 0.444 e. The second-order valence-electron chi connectivity index (χ2n) is 8.31. The summed E-state index contributed by atoms with van der Waals surface area (Å²) in [5.41, 5.74) is -0.525. The molecule has 1 spiro atoms. The predicted molar refractivity (Wildman–Crippen MR) is 91.1 cm³/mol. The molecule has 3 aliphatic heterocycles. The number of rotatable bonds is 1. The summed E-state index contributed by atoms with van der Waals surface area (Å²) < 4.78 is 17.2. The van der Waals surface area contributed by atoms with Gasteiger partial charge in [0, 0.05) is 45.4 Å². The average molecular weight is 340 g/mol. The Labute approximate surface area is 145 Å². The van der Waals surface area contributed by atoms with Gasteiger partial charge in [0.2, 0.25) is 0 Å². The van der Waals surface area contributed by atoms with Crippen LogP contribution in [0.25, 0.3) is 0 Å². The highest BCUT2D eigenvalue weighted by atomic mass is 16.6. The van der Waals surface area contributed by atoms with E-state index in [1.54, 1.807) is 0 Å². The van der Waals surface area contributed by atoms with Crippen molar-refractivity contribution in [2.24, 2.45) is 0 Å². The summed E-state index contributed by atoms with van der Waals surface area (Å²) in [5.74, 6) is 0. The molecule has 0 aromatic rings. The van der Waals surface area contributed by atoms with E-state index in [0.717, 1.165) is 71.7 Å². The Morgan fingerprint density at radius 1 is 1.08 bits per heavy atom. The second kappa shape index (κ2) is 7.18. The van der Waals surface area contributed by atoms with Crippen LogP contribution >= 0.6 is 0 Å². The van der Waals surface area contributed by atoms with Crippen LogP contribution in [0.15, 0.2) is 0 Å². The highest BCUT2D eigenvalue weighted by Gasteiger charge is 2.42. The predicted octanol–water partition coefficient (Wildman–Crippen LogP) is 2.27. The molecule has 0 unspecified atom stereocenters. The fourth-order valence-corrected chi connectivity index (χ4v) is 3.96. The minimum absolute atomic E-state index is 0.0882. The van der Waals surface area contributed by atoms with Gasteiger partial charge in [0.25, 0.3) is 0 Å². The number of carbonyl (C=O) groups excluding carboxylic acids is 1. The number of piperidine rings is 1. The van der Waals surface area contributed by atoms with Crippen LogP contribution in [0.1, 0.15) is 46.5 Å². The first kappa shape index (κ1) is 18.0. The lowest BCUT2D eigenvalue weighted by Gasteiger charge is -2.49. The zero-order valence-electron chi connectivity index (χ0n) is 15.4. The Hall–Kier alpha value is -0.850. The van der Waals surface area contributed by atoms with Crippen molar-refractivity contribution in [3.05, 3.63) is 0 Å². The van der Waals surface area contributed by atoms with E-state index in [0.29, 0.717) is 6.04 Å². The van der Waals surface area contributed by atoms with E-state index in [9.17, 15) is 4.79 Å². The van der Waals surface area contributed by atoms with Crippen LogP contribution in [0.5, 0.6) is 0 Å². The molecular weight excluding hydrogens is 308 g/mol. The standard InChI is InChI=1S/C18H32N2O4/c1-17(2,3)24-16(21)19-8-6-18(7-9-19)14-20(10-13-23-18)15-4-11-22-12-5-15/h15H,4-14H2,1-3H3. The van der Waals surface area contributed by atoms with Crippen LogP contribution in [0.4, 0.5) is 4.79 Å². The van der Waals surface area contributed by atoms with Crippen LogP contribution < -0.4 is 0 Å². The molecule has 3 fully saturated rings. The van der Waals surface area contributed by atoms with E-state index in [4.69, 9.17) is 14.2 Å². The SMILES string of the molecule is CC(C)(C)OC(=O)N1CCC2(CC1)CN(C1CCOCC1)CCO2. The van der Waals surface area contributed by atoms with Gasteiger partial charge in [0.05, 0.1) is 12.2 Å². The van der Waals surface area contributed by atoms with Crippen LogP contribution in [0, 0.1) is 0 Å². The van der Waals surface area contributed by atoms with Crippen LogP contribution in [-0.2, 0) is 14.2 Å². The van der Waals surface area contributed by atoms with E-state index in [-0.39, 0.29) is 11.7 Å². The smallest absolute Gasteiger partial charge is 0.410 e. The number of carbonyl (C=O) groups is 1. The highest BCUT2D eigenvalue weighted by Crippen LogP contribution is 2.32. The van der Waals surface area contributed by atoms with Crippen molar-refractivity contribution in [1.82, 2.24) is 9.80 Å². The average Bonchev–Trinajstić information content (AvgIpc) is 2.55. The van der Waals surface area contributed by atoms with Gasteiger partial charge in [-0.2, -0.15) is 0 Å². The Morgan fingerprint density at radius 3 is 2.38 bits per heavy atom. The van der Waals surface area contributed by atoms with Crippen molar-refractivity contribution in [2.75, 3.05) is 46.0 Å². The fourth-order valence-electron chi connectivity index (χ4n) is 3.96. The van der Waals surface area contributed by atoms with Gasteiger partial charge in [0.15, 0.2) is 0 Å².